The molecule has 4 aromatic rings. The zero-order chi connectivity index (χ0) is 19.7. The number of rotatable bonds is 4. The van der Waals surface area contributed by atoms with Crippen molar-refractivity contribution in [2.75, 3.05) is 4.90 Å². The number of carbonyl (C=O) groups is 1. The summed E-state index contributed by atoms with van der Waals surface area (Å²) in [6.07, 6.45) is 3.27. The lowest BCUT2D eigenvalue weighted by Crippen LogP contribution is -2.31. The molecule has 0 unspecified atom stereocenters. The predicted molar refractivity (Wildman–Crippen MR) is 113 cm³/mol. The number of aryl methyl sites for hydroxylation is 1. The predicted octanol–water partition coefficient (Wildman–Crippen LogP) is 5.55. The third kappa shape index (κ3) is 3.71. The highest BCUT2D eigenvalue weighted by atomic mass is 35.5. The van der Waals surface area contributed by atoms with Crippen LogP contribution in [0.4, 0.5) is 5.69 Å². The number of pyridine rings is 1. The number of amides is 1. The van der Waals surface area contributed by atoms with E-state index in [-0.39, 0.29) is 5.91 Å². The second kappa shape index (κ2) is 7.83. The largest absolute Gasteiger partial charge is 0.304 e. The standard InChI is InChI=1S/C20H14Cl2N4OS/c1-12-10-23-6-5-17(12)20(27)26(16-8-14(21)7-15(22)9-16)11-13-3-2-4-18-19(13)25-28-24-18/h2-10H,11H2,1H3. The molecular formula is C20H14Cl2N4OS. The van der Waals surface area contributed by atoms with Gasteiger partial charge in [0, 0.05) is 39.3 Å². The third-order valence-corrected chi connectivity index (χ3v) is 5.33. The van der Waals surface area contributed by atoms with Gasteiger partial charge in [0.2, 0.25) is 0 Å². The molecule has 0 aliphatic heterocycles. The molecule has 0 aliphatic rings. The van der Waals surface area contributed by atoms with Gasteiger partial charge in [-0.2, -0.15) is 8.75 Å². The number of benzene rings is 2. The molecule has 0 bridgehead atoms. The van der Waals surface area contributed by atoms with Crippen molar-refractivity contribution in [2.45, 2.75) is 13.5 Å². The molecule has 0 spiro atoms. The van der Waals surface area contributed by atoms with Crippen LogP contribution in [0.15, 0.2) is 54.9 Å². The maximum atomic E-state index is 13.4. The zero-order valence-corrected chi connectivity index (χ0v) is 17.1. The molecule has 140 valence electrons. The first kappa shape index (κ1) is 18.8. The van der Waals surface area contributed by atoms with Gasteiger partial charge in [0.1, 0.15) is 11.0 Å². The highest BCUT2D eigenvalue weighted by Gasteiger charge is 2.22. The molecule has 0 radical (unpaired) electrons. The molecule has 0 fully saturated rings. The Morgan fingerprint density at radius 3 is 2.64 bits per heavy atom. The van der Waals surface area contributed by atoms with Crippen molar-refractivity contribution in [3.63, 3.8) is 0 Å². The summed E-state index contributed by atoms with van der Waals surface area (Å²) in [4.78, 5) is 19.2. The Balaban J connectivity index is 1.82. The maximum absolute atomic E-state index is 13.4. The van der Waals surface area contributed by atoms with Gasteiger partial charge in [-0.3, -0.25) is 9.78 Å². The number of nitrogens with zero attached hydrogens (tertiary/aromatic N) is 4. The van der Waals surface area contributed by atoms with Crippen molar-refractivity contribution in [3.05, 3.63) is 81.6 Å². The average Bonchev–Trinajstić information content (AvgIpc) is 3.15. The van der Waals surface area contributed by atoms with Gasteiger partial charge >= 0.3 is 0 Å². The van der Waals surface area contributed by atoms with Gasteiger partial charge in [-0.05, 0) is 42.8 Å². The Bertz CT molecular complexity index is 1160. The van der Waals surface area contributed by atoms with Crippen LogP contribution in [0.25, 0.3) is 11.0 Å². The zero-order valence-electron chi connectivity index (χ0n) is 14.8. The Morgan fingerprint density at radius 2 is 1.89 bits per heavy atom. The first-order valence-corrected chi connectivity index (χ1v) is 9.90. The quantitative estimate of drug-likeness (QED) is 0.427. The van der Waals surface area contributed by atoms with Gasteiger partial charge in [-0.15, -0.1) is 0 Å². The highest BCUT2D eigenvalue weighted by molar-refractivity contribution is 7.00. The Morgan fingerprint density at radius 1 is 1.11 bits per heavy atom. The van der Waals surface area contributed by atoms with E-state index in [0.29, 0.717) is 27.8 Å². The van der Waals surface area contributed by atoms with Gasteiger partial charge in [-0.25, -0.2) is 0 Å². The van der Waals surface area contributed by atoms with Crippen LogP contribution in [0.2, 0.25) is 10.0 Å². The molecule has 0 aliphatic carbocycles. The van der Waals surface area contributed by atoms with Crippen molar-refractivity contribution < 1.29 is 4.79 Å². The molecule has 2 heterocycles. The van der Waals surface area contributed by atoms with E-state index in [1.165, 1.54) is 0 Å². The number of hydrogen-bond donors (Lipinski definition) is 0. The number of fused-ring (bicyclic) bond motifs is 1. The van der Waals surface area contributed by atoms with Gasteiger partial charge in [0.15, 0.2) is 0 Å². The summed E-state index contributed by atoms with van der Waals surface area (Å²) in [6.45, 7) is 2.16. The molecule has 2 aromatic heterocycles. The lowest BCUT2D eigenvalue weighted by molar-refractivity contribution is 0.0984. The van der Waals surface area contributed by atoms with Crippen LogP contribution >= 0.6 is 34.9 Å². The summed E-state index contributed by atoms with van der Waals surface area (Å²) in [5.74, 6) is -0.168. The van der Waals surface area contributed by atoms with E-state index in [9.17, 15) is 4.79 Å². The third-order valence-electron chi connectivity index (χ3n) is 4.35. The Kier molecular flexibility index (Phi) is 5.26. The van der Waals surface area contributed by atoms with E-state index in [1.54, 1.807) is 41.6 Å². The smallest absolute Gasteiger partial charge is 0.258 e. The van der Waals surface area contributed by atoms with Crippen molar-refractivity contribution in [1.82, 2.24) is 13.7 Å². The summed E-state index contributed by atoms with van der Waals surface area (Å²) in [5, 5.41) is 0.917. The van der Waals surface area contributed by atoms with Gasteiger partial charge in [0.25, 0.3) is 5.91 Å². The van der Waals surface area contributed by atoms with Crippen LogP contribution in [-0.4, -0.2) is 19.6 Å². The van der Waals surface area contributed by atoms with E-state index in [1.807, 2.05) is 25.1 Å². The molecule has 8 heteroatoms. The SMILES string of the molecule is Cc1cnccc1C(=O)N(Cc1cccc2nsnc12)c1cc(Cl)cc(Cl)c1. The van der Waals surface area contributed by atoms with Crippen molar-refractivity contribution in [1.29, 1.82) is 0 Å². The minimum atomic E-state index is -0.168. The van der Waals surface area contributed by atoms with Crippen LogP contribution in [-0.2, 0) is 6.54 Å². The topological polar surface area (TPSA) is 59.0 Å². The van der Waals surface area contributed by atoms with Crippen molar-refractivity contribution >= 4 is 57.6 Å². The molecule has 1 amide bonds. The number of carbonyl (C=O) groups excluding carboxylic acids is 1. The van der Waals surface area contributed by atoms with Gasteiger partial charge in [0.05, 0.1) is 18.3 Å². The summed E-state index contributed by atoms with van der Waals surface area (Å²) < 4.78 is 8.66. The van der Waals surface area contributed by atoms with E-state index >= 15 is 0 Å². The highest BCUT2D eigenvalue weighted by Crippen LogP contribution is 2.29. The lowest BCUT2D eigenvalue weighted by Gasteiger charge is -2.24. The first-order chi connectivity index (χ1) is 13.5. The van der Waals surface area contributed by atoms with Crippen molar-refractivity contribution in [3.8, 4) is 0 Å². The van der Waals surface area contributed by atoms with Crippen LogP contribution in [0.5, 0.6) is 0 Å². The number of halogens is 2. The molecule has 2 aromatic carbocycles. The first-order valence-electron chi connectivity index (χ1n) is 8.41. The van der Waals surface area contributed by atoms with E-state index in [2.05, 4.69) is 13.7 Å². The maximum Gasteiger partial charge on any atom is 0.258 e. The molecule has 0 N–H and O–H groups in total. The number of anilines is 1. The average molecular weight is 429 g/mol. The molecule has 5 nitrogen and oxygen atoms in total. The van der Waals surface area contributed by atoms with Crippen LogP contribution in [0.1, 0.15) is 21.5 Å². The van der Waals surface area contributed by atoms with Gasteiger partial charge < -0.3 is 4.90 Å². The van der Waals surface area contributed by atoms with Crippen molar-refractivity contribution in [2.24, 2.45) is 0 Å². The summed E-state index contributed by atoms with van der Waals surface area (Å²) in [6, 6.07) is 12.5. The summed E-state index contributed by atoms with van der Waals surface area (Å²) in [5.41, 5.74) is 4.44. The van der Waals surface area contributed by atoms with E-state index in [4.69, 9.17) is 23.2 Å². The molecule has 0 saturated carbocycles. The number of aromatic nitrogens is 3. The van der Waals surface area contributed by atoms with Crippen LogP contribution in [0, 0.1) is 6.92 Å². The second-order valence-electron chi connectivity index (χ2n) is 6.26. The minimum absolute atomic E-state index is 0.168. The Labute approximate surface area is 175 Å². The summed E-state index contributed by atoms with van der Waals surface area (Å²) >= 11 is 13.6. The van der Waals surface area contributed by atoms with E-state index < -0.39 is 0 Å². The molecule has 0 saturated heterocycles. The van der Waals surface area contributed by atoms with Crippen LogP contribution in [0.3, 0.4) is 0 Å². The van der Waals surface area contributed by atoms with Gasteiger partial charge in [-0.1, -0.05) is 35.3 Å². The van der Waals surface area contributed by atoms with Crippen LogP contribution < -0.4 is 4.90 Å². The van der Waals surface area contributed by atoms with E-state index in [0.717, 1.165) is 33.9 Å². The fraction of sp³-hybridized carbons (Fsp3) is 0.100. The lowest BCUT2D eigenvalue weighted by atomic mass is 10.1. The molecular weight excluding hydrogens is 415 g/mol. The minimum Gasteiger partial charge on any atom is -0.304 e. The molecule has 28 heavy (non-hydrogen) atoms. The fourth-order valence-corrected chi connectivity index (χ4v) is 4.08. The normalized spacial score (nSPS) is 11.0. The second-order valence-corrected chi connectivity index (χ2v) is 7.66. The molecule has 0 atom stereocenters. The fourth-order valence-electron chi connectivity index (χ4n) is 2.99. The monoisotopic (exact) mass is 428 g/mol. The Hall–Kier alpha value is -2.54. The summed E-state index contributed by atoms with van der Waals surface area (Å²) in [7, 11) is 0. The molecule has 4 rings (SSSR count). The number of hydrogen-bond acceptors (Lipinski definition) is 5.